The van der Waals surface area contributed by atoms with E-state index in [4.69, 9.17) is 4.74 Å². The second kappa shape index (κ2) is 7.95. The van der Waals surface area contributed by atoms with Crippen LogP contribution < -0.4 is 0 Å². The summed E-state index contributed by atoms with van der Waals surface area (Å²) >= 11 is 3.64. The fourth-order valence-electron chi connectivity index (χ4n) is 8.72. The third-order valence-corrected chi connectivity index (χ3v) is 10.4. The van der Waals surface area contributed by atoms with Crippen molar-refractivity contribution in [1.29, 1.82) is 0 Å². The van der Waals surface area contributed by atoms with E-state index in [9.17, 15) is 9.59 Å². The van der Waals surface area contributed by atoms with Crippen LogP contribution in [-0.2, 0) is 14.3 Å². The molecule has 0 aromatic rings. The van der Waals surface area contributed by atoms with Crippen LogP contribution in [0.2, 0.25) is 0 Å². The van der Waals surface area contributed by atoms with Crippen molar-refractivity contribution in [2.45, 2.75) is 91.6 Å². The van der Waals surface area contributed by atoms with Crippen molar-refractivity contribution < 1.29 is 14.3 Å². The van der Waals surface area contributed by atoms with Gasteiger partial charge in [-0.1, -0.05) is 36.7 Å². The highest BCUT2D eigenvalue weighted by Crippen LogP contribution is 2.67. The van der Waals surface area contributed by atoms with E-state index < -0.39 is 0 Å². The molecule has 0 bridgehead atoms. The molecule has 29 heavy (non-hydrogen) atoms. The van der Waals surface area contributed by atoms with E-state index in [1.165, 1.54) is 39.0 Å². The molecule has 0 saturated heterocycles. The van der Waals surface area contributed by atoms with Crippen molar-refractivity contribution in [3.05, 3.63) is 0 Å². The van der Waals surface area contributed by atoms with Crippen LogP contribution in [-0.4, -0.2) is 23.2 Å². The van der Waals surface area contributed by atoms with E-state index in [0.717, 1.165) is 36.9 Å². The predicted molar refractivity (Wildman–Crippen MR) is 119 cm³/mol. The molecule has 0 aromatic heterocycles. The number of carbonyl (C=O) groups excluding carboxylic acids is 2. The lowest BCUT2D eigenvalue weighted by Crippen LogP contribution is -2.58. The molecule has 1 unspecified atom stereocenters. The second-order valence-corrected chi connectivity index (χ2v) is 12.1. The van der Waals surface area contributed by atoms with Gasteiger partial charge in [0.15, 0.2) is 0 Å². The third kappa shape index (κ3) is 3.53. The number of halogens is 1. The number of ether oxygens (including phenoxy) is 1. The number of esters is 1. The van der Waals surface area contributed by atoms with E-state index >= 15 is 0 Å². The van der Waals surface area contributed by atoms with Gasteiger partial charge in [0.1, 0.15) is 11.9 Å². The Bertz CT molecular complexity index is 662. The Labute approximate surface area is 185 Å². The predicted octanol–water partition coefficient (Wildman–Crippen LogP) is 6.18. The fourth-order valence-corrected chi connectivity index (χ4v) is 9.44. The number of rotatable bonds is 4. The van der Waals surface area contributed by atoms with Crippen LogP contribution in [0.4, 0.5) is 0 Å². The summed E-state index contributed by atoms with van der Waals surface area (Å²) in [4.78, 5) is 25.2. The number of carbonyl (C=O) groups is 2. The van der Waals surface area contributed by atoms with Gasteiger partial charge in [-0.15, -0.1) is 0 Å². The lowest BCUT2D eigenvalue weighted by Gasteiger charge is -2.60. The summed E-state index contributed by atoms with van der Waals surface area (Å²) < 4.78 is 5.57. The van der Waals surface area contributed by atoms with E-state index in [2.05, 4.69) is 36.7 Å². The zero-order chi connectivity index (χ0) is 21.0. The van der Waals surface area contributed by atoms with Crippen LogP contribution in [0.5, 0.6) is 0 Å². The molecule has 0 heterocycles. The van der Waals surface area contributed by atoms with Gasteiger partial charge in [-0.2, -0.15) is 0 Å². The molecule has 0 N–H and O–H groups in total. The summed E-state index contributed by atoms with van der Waals surface area (Å²) in [5, 5.41) is 1.06. The van der Waals surface area contributed by atoms with Crippen molar-refractivity contribution in [2.75, 3.05) is 5.33 Å². The molecule has 0 aliphatic heterocycles. The van der Waals surface area contributed by atoms with E-state index in [1.54, 1.807) is 0 Å². The Kier molecular flexibility index (Phi) is 5.99. The lowest BCUT2D eigenvalue weighted by atomic mass is 9.44. The van der Waals surface area contributed by atoms with E-state index in [0.29, 0.717) is 29.5 Å². The number of ketones is 1. The highest BCUT2D eigenvalue weighted by molar-refractivity contribution is 9.09. The molecule has 9 atom stereocenters. The highest BCUT2D eigenvalue weighted by Gasteiger charge is 2.63. The number of hydrogen-bond acceptors (Lipinski definition) is 3. The van der Waals surface area contributed by atoms with Gasteiger partial charge in [-0.05, 0) is 91.8 Å². The summed E-state index contributed by atoms with van der Waals surface area (Å²) in [6.45, 7) is 8.78. The fraction of sp³-hybridized carbons (Fsp3) is 0.920. The maximum Gasteiger partial charge on any atom is 0.302 e. The van der Waals surface area contributed by atoms with Gasteiger partial charge in [-0.3, -0.25) is 9.59 Å². The normalized spacial score (nSPS) is 47.7. The Morgan fingerprint density at radius 2 is 1.93 bits per heavy atom. The smallest absolute Gasteiger partial charge is 0.302 e. The minimum Gasteiger partial charge on any atom is -0.463 e. The molecule has 4 heteroatoms. The van der Waals surface area contributed by atoms with Crippen molar-refractivity contribution >= 4 is 27.7 Å². The molecule has 4 fully saturated rings. The maximum absolute atomic E-state index is 13.7. The van der Waals surface area contributed by atoms with Crippen LogP contribution in [0, 0.1) is 46.3 Å². The topological polar surface area (TPSA) is 43.4 Å². The van der Waals surface area contributed by atoms with Crippen LogP contribution in [0.15, 0.2) is 0 Å². The molecule has 0 amide bonds. The van der Waals surface area contributed by atoms with Crippen LogP contribution >= 0.6 is 15.9 Å². The van der Waals surface area contributed by atoms with Crippen LogP contribution in [0.3, 0.4) is 0 Å². The Hall–Kier alpha value is -0.380. The first-order valence-electron chi connectivity index (χ1n) is 12.0. The standard InChI is InChI=1S/C25H39BrO3/c1-15(10-12-26)20-7-8-21-19-6-5-17-13-18(29-16(2)27)9-11-24(17,3)23(19)22(28)14-25(20,21)4/h15,17-21,23H,5-14H2,1-4H3/t15-,17?,18-,19+,20-,21+,23-,24+,25-/m1/s1. The molecule has 4 aliphatic carbocycles. The van der Waals surface area contributed by atoms with Gasteiger partial charge in [0.05, 0.1) is 0 Å². The van der Waals surface area contributed by atoms with E-state index in [1.807, 2.05) is 0 Å². The van der Waals surface area contributed by atoms with Gasteiger partial charge in [0, 0.05) is 24.6 Å². The van der Waals surface area contributed by atoms with Crippen molar-refractivity contribution in [1.82, 2.24) is 0 Å². The van der Waals surface area contributed by atoms with Gasteiger partial charge >= 0.3 is 5.97 Å². The summed E-state index contributed by atoms with van der Waals surface area (Å²) in [7, 11) is 0. The van der Waals surface area contributed by atoms with Crippen LogP contribution in [0.25, 0.3) is 0 Å². The molecule has 0 spiro atoms. The average Bonchev–Trinajstić information content (AvgIpc) is 2.98. The molecule has 164 valence electrons. The number of hydrogen-bond donors (Lipinski definition) is 0. The molecular weight excluding hydrogens is 428 g/mol. The maximum atomic E-state index is 13.7. The van der Waals surface area contributed by atoms with Crippen molar-refractivity contribution in [3.63, 3.8) is 0 Å². The van der Waals surface area contributed by atoms with E-state index in [-0.39, 0.29) is 28.8 Å². The largest absolute Gasteiger partial charge is 0.463 e. The average molecular weight is 467 g/mol. The monoisotopic (exact) mass is 466 g/mol. The second-order valence-electron chi connectivity index (χ2n) is 11.3. The number of Topliss-reactive ketones (excluding diaryl/α,β-unsaturated/α-hetero) is 1. The molecule has 0 radical (unpaired) electrons. The summed E-state index contributed by atoms with van der Waals surface area (Å²) in [5.41, 5.74) is 0.315. The number of fused-ring (bicyclic) bond motifs is 5. The van der Waals surface area contributed by atoms with Gasteiger partial charge < -0.3 is 4.74 Å². The van der Waals surface area contributed by atoms with Crippen molar-refractivity contribution in [3.8, 4) is 0 Å². The molecule has 4 aliphatic rings. The molecule has 3 nitrogen and oxygen atoms in total. The Morgan fingerprint density at radius 3 is 2.62 bits per heavy atom. The summed E-state index contributed by atoms with van der Waals surface area (Å²) in [5.74, 6) is 3.85. The quantitative estimate of drug-likeness (QED) is 0.367. The summed E-state index contributed by atoms with van der Waals surface area (Å²) in [6, 6.07) is 0. The molecule has 4 rings (SSSR count). The zero-order valence-electron chi connectivity index (χ0n) is 18.7. The van der Waals surface area contributed by atoms with Gasteiger partial charge in [-0.25, -0.2) is 0 Å². The Balaban J connectivity index is 1.56. The molecule has 4 saturated carbocycles. The minimum absolute atomic E-state index is 0.0621. The Morgan fingerprint density at radius 1 is 1.17 bits per heavy atom. The first-order valence-corrected chi connectivity index (χ1v) is 13.1. The molecular formula is C25H39BrO3. The van der Waals surface area contributed by atoms with Gasteiger partial charge in [0.2, 0.25) is 0 Å². The van der Waals surface area contributed by atoms with Crippen LogP contribution in [0.1, 0.15) is 85.5 Å². The summed E-state index contributed by atoms with van der Waals surface area (Å²) in [6.07, 6.45) is 10.0. The third-order valence-electron chi connectivity index (χ3n) is 9.96. The zero-order valence-corrected chi connectivity index (χ0v) is 20.3. The highest BCUT2D eigenvalue weighted by atomic mass is 79.9. The van der Waals surface area contributed by atoms with Crippen molar-refractivity contribution in [2.24, 2.45) is 46.3 Å². The van der Waals surface area contributed by atoms with Gasteiger partial charge in [0.25, 0.3) is 0 Å². The lowest BCUT2D eigenvalue weighted by molar-refractivity contribution is -0.169. The SMILES string of the molecule is CC(=O)O[C@@H]1CC[C@@]2(C)C(CC[C@H]3[C@@H]4CC[C@H]([C@H](C)CCBr)[C@@]4(C)CC(=O)[C@@H]32)C1. The minimum atomic E-state index is -0.161. The first-order chi connectivity index (χ1) is 13.7. The number of alkyl halides is 1. The first kappa shape index (κ1) is 21.8. The molecule has 0 aromatic carbocycles.